The maximum absolute atomic E-state index is 12.6. The van der Waals surface area contributed by atoms with Crippen LogP contribution in [-0.4, -0.2) is 47.8 Å². The normalized spacial score (nSPS) is 21.2. The monoisotopic (exact) mass is 294 g/mol. The summed E-state index contributed by atoms with van der Waals surface area (Å²) in [7, 11) is 0. The van der Waals surface area contributed by atoms with Gasteiger partial charge in [0.25, 0.3) is 0 Å². The molecule has 120 valence electrons. The average Bonchev–Trinajstić information content (AvgIpc) is 2.81. The van der Waals surface area contributed by atoms with E-state index in [2.05, 4.69) is 11.8 Å². The van der Waals surface area contributed by atoms with Gasteiger partial charge >= 0.3 is 0 Å². The van der Waals surface area contributed by atoms with Crippen LogP contribution in [-0.2, 0) is 9.59 Å². The van der Waals surface area contributed by atoms with Gasteiger partial charge in [0.15, 0.2) is 0 Å². The Kier molecular flexibility index (Phi) is 6.52. The summed E-state index contributed by atoms with van der Waals surface area (Å²) in [5.41, 5.74) is 0. The van der Waals surface area contributed by atoms with Gasteiger partial charge in [-0.15, -0.1) is 0 Å². The zero-order valence-electron chi connectivity index (χ0n) is 13.5. The van der Waals surface area contributed by atoms with E-state index >= 15 is 0 Å². The minimum Gasteiger partial charge on any atom is -0.343 e. The van der Waals surface area contributed by atoms with Gasteiger partial charge in [0.2, 0.25) is 11.8 Å². The van der Waals surface area contributed by atoms with Gasteiger partial charge in [-0.05, 0) is 32.1 Å². The van der Waals surface area contributed by atoms with Crippen molar-refractivity contribution in [1.29, 1.82) is 0 Å². The summed E-state index contributed by atoms with van der Waals surface area (Å²) in [6, 6.07) is 0. The van der Waals surface area contributed by atoms with Crippen LogP contribution in [0, 0.1) is 5.92 Å². The second kappa shape index (κ2) is 8.40. The number of nitrogens with zero attached hydrogens (tertiary/aromatic N) is 2. The summed E-state index contributed by atoms with van der Waals surface area (Å²) < 4.78 is 0. The van der Waals surface area contributed by atoms with Gasteiger partial charge in [-0.25, -0.2) is 0 Å². The molecule has 0 bridgehead atoms. The summed E-state index contributed by atoms with van der Waals surface area (Å²) in [5, 5.41) is 0. The Morgan fingerprint density at radius 1 is 0.905 bits per heavy atom. The fraction of sp³-hybridized carbons (Fsp3) is 0.882. The fourth-order valence-corrected chi connectivity index (χ4v) is 3.41. The highest BCUT2D eigenvalue weighted by molar-refractivity contribution is 5.80. The molecule has 4 heteroatoms. The van der Waals surface area contributed by atoms with Crippen molar-refractivity contribution in [1.82, 2.24) is 9.80 Å². The number of hydrogen-bond donors (Lipinski definition) is 0. The van der Waals surface area contributed by atoms with E-state index in [1.54, 1.807) is 0 Å². The molecule has 2 saturated heterocycles. The zero-order chi connectivity index (χ0) is 15.1. The van der Waals surface area contributed by atoms with Gasteiger partial charge in [-0.3, -0.25) is 9.59 Å². The molecule has 0 N–H and O–H groups in total. The first-order chi connectivity index (χ1) is 10.2. The molecule has 2 aliphatic heterocycles. The Bertz CT molecular complexity index is 341. The number of carbonyl (C=O) groups excluding carboxylic acids is 2. The molecular formula is C17H30N2O2. The van der Waals surface area contributed by atoms with Gasteiger partial charge in [-0.1, -0.05) is 26.2 Å². The van der Waals surface area contributed by atoms with Crippen LogP contribution in [0.5, 0.6) is 0 Å². The maximum atomic E-state index is 12.6. The fourth-order valence-electron chi connectivity index (χ4n) is 3.41. The molecule has 0 radical (unpaired) electrons. The molecule has 2 heterocycles. The van der Waals surface area contributed by atoms with Crippen molar-refractivity contribution in [3.8, 4) is 0 Å². The highest BCUT2D eigenvalue weighted by Crippen LogP contribution is 2.22. The molecule has 2 fully saturated rings. The van der Waals surface area contributed by atoms with E-state index in [4.69, 9.17) is 0 Å². The number of carbonyl (C=O) groups is 2. The highest BCUT2D eigenvalue weighted by atomic mass is 16.2. The first kappa shape index (κ1) is 16.3. The third-order valence-electron chi connectivity index (χ3n) is 4.86. The summed E-state index contributed by atoms with van der Waals surface area (Å²) in [6.07, 6.45) is 9.24. The van der Waals surface area contributed by atoms with Crippen molar-refractivity contribution in [2.75, 3.05) is 26.2 Å². The van der Waals surface area contributed by atoms with E-state index < -0.39 is 0 Å². The van der Waals surface area contributed by atoms with Crippen molar-refractivity contribution in [2.24, 2.45) is 5.92 Å². The molecular weight excluding hydrogens is 264 g/mol. The van der Waals surface area contributed by atoms with Gasteiger partial charge in [0, 0.05) is 38.5 Å². The molecule has 0 aromatic heterocycles. The third kappa shape index (κ3) is 4.72. The molecule has 0 spiro atoms. The van der Waals surface area contributed by atoms with Crippen molar-refractivity contribution in [2.45, 2.75) is 64.7 Å². The van der Waals surface area contributed by atoms with E-state index in [-0.39, 0.29) is 11.8 Å². The largest absolute Gasteiger partial charge is 0.343 e. The Balaban J connectivity index is 1.77. The molecule has 2 rings (SSSR count). The van der Waals surface area contributed by atoms with E-state index in [1.807, 2.05) is 4.90 Å². The van der Waals surface area contributed by atoms with Crippen molar-refractivity contribution in [3.05, 3.63) is 0 Å². The lowest BCUT2D eigenvalue weighted by Crippen LogP contribution is -2.44. The van der Waals surface area contributed by atoms with Crippen molar-refractivity contribution in [3.63, 3.8) is 0 Å². The smallest absolute Gasteiger partial charge is 0.225 e. The van der Waals surface area contributed by atoms with Crippen LogP contribution in [0.2, 0.25) is 0 Å². The molecule has 0 saturated carbocycles. The minimum atomic E-state index is 0.151. The number of likely N-dealkylation sites (tertiary alicyclic amines) is 2. The third-order valence-corrected chi connectivity index (χ3v) is 4.86. The van der Waals surface area contributed by atoms with E-state index in [1.165, 1.54) is 12.8 Å². The number of piperidine rings is 1. The average molecular weight is 294 g/mol. The van der Waals surface area contributed by atoms with Gasteiger partial charge < -0.3 is 9.80 Å². The molecule has 0 atom stereocenters. The Morgan fingerprint density at radius 3 is 2.10 bits per heavy atom. The predicted molar refractivity (Wildman–Crippen MR) is 83.9 cm³/mol. The molecule has 21 heavy (non-hydrogen) atoms. The lowest BCUT2D eigenvalue weighted by Gasteiger charge is -2.34. The molecule has 0 aromatic carbocycles. The Hall–Kier alpha value is -1.06. The Morgan fingerprint density at radius 2 is 1.52 bits per heavy atom. The number of amides is 2. The number of unbranched alkanes of at least 4 members (excludes halogenated alkanes) is 1. The van der Waals surface area contributed by atoms with Gasteiger partial charge in [0.1, 0.15) is 0 Å². The van der Waals surface area contributed by atoms with Crippen LogP contribution >= 0.6 is 0 Å². The highest BCUT2D eigenvalue weighted by Gasteiger charge is 2.30. The molecule has 2 aliphatic rings. The van der Waals surface area contributed by atoms with E-state index in [0.29, 0.717) is 12.3 Å². The number of hydrogen-bond acceptors (Lipinski definition) is 2. The first-order valence-corrected chi connectivity index (χ1v) is 8.79. The second-order valence-corrected chi connectivity index (χ2v) is 6.50. The summed E-state index contributed by atoms with van der Waals surface area (Å²) in [5.74, 6) is 0.772. The SMILES string of the molecule is CCCCC(=O)N1CCC(C(=O)N2CCCCCC2)CC1. The van der Waals surface area contributed by atoms with Crippen LogP contribution in [0.4, 0.5) is 0 Å². The summed E-state index contributed by atoms with van der Waals surface area (Å²) in [6.45, 7) is 5.53. The van der Waals surface area contributed by atoms with Crippen LogP contribution in [0.3, 0.4) is 0 Å². The topological polar surface area (TPSA) is 40.6 Å². The predicted octanol–water partition coefficient (Wildman–Crippen LogP) is 2.82. The molecule has 4 nitrogen and oxygen atoms in total. The second-order valence-electron chi connectivity index (χ2n) is 6.50. The maximum Gasteiger partial charge on any atom is 0.225 e. The van der Waals surface area contributed by atoms with Gasteiger partial charge in [0.05, 0.1) is 0 Å². The van der Waals surface area contributed by atoms with Crippen molar-refractivity contribution >= 4 is 11.8 Å². The first-order valence-electron chi connectivity index (χ1n) is 8.79. The number of rotatable bonds is 4. The van der Waals surface area contributed by atoms with Crippen LogP contribution in [0.15, 0.2) is 0 Å². The summed E-state index contributed by atoms with van der Waals surface area (Å²) in [4.78, 5) is 28.6. The molecule has 2 amide bonds. The quantitative estimate of drug-likeness (QED) is 0.800. The molecule has 0 unspecified atom stereocenters. The standard InChI is InChI=1S/C17H30N2O2/c1-2-3-8-16(20)18-13-9-15(10-14-18)17(21)19-11-6-4-5-7-12-19/h15H,2-14H2,1H3. The van der Waals surface area contributed by atoms with Crippen molar-refractivity contribution < 1.29 is 9.59 Å². The lowest BCUT2D eigenvalue weighted by molar-refractivity contribution is -0.140. The van der Waals surface area contributed by atoms with Gasteiger partial charge in [-0.2, -0.15) is 0 Å². The van der Waals surface area contributed by atoms with Crippen LogP contribution < -0.4 is 0 Å². The summed E-state index contributed by atoms with van der Waals surface area (Å²) >= 11 is 0. The minimum absolute atomic E-state index is 0.151. The Labute approximate surface area is 128 Å². The molecule has 0 aliphatic carbocycles. The van der Waals surface area contributed by atoms with E-state index in [0.717, 1.165) is 64.7 Å². The van der Waals surface area contributed by atoms with E-state index in [9.17, 15) is 9.59 Å². The van der Waals surface area contributed by atoms with Crippen LogP contribution in [0.1, 0.15) is 64.7 Å². The zero-order valence-corrected chi connectivity index (χ0v) is 13.5. The molecule has 0 aromatic rings. The lowest BCUT2D eigenvalue weighted by atomic mass is 9.94. The van der Waals surface area contributed by atoms with Crippen LogP contribution in [0.25, 0.3) is 0 Å².